The molecule has 0 amide bonds. The van der Waals surface area contributed by atoms with Gasteiger partial charge in [-0.15, -0.1) is 0 Å². The molecule has 1 heterocycles. The van der Waals surface area contributed by atoms with Gasteiger partial charge in [-0.2, -0.15) is 0 Å². The second-order valence-electron chi connectivity index (χ2n) is 3.09. The molecule has 1 fully saturated rings. The molecule has 2 N–H and O–H groups in total. The van der Waals surface area contributed by atoms with E-state index in [1.165, 1.54) is 0 Å². The van der Waals surface area contributed by atoms with E-state index in [2.05, 4.69) is 10.6 Å². The fraction of sp³-hybridized carbons (Fsp3) is 1.00. The fourth-order valence-electron chi connectivity index (χ4n) is 1.21. The summed E-state index contributed by atoms with van der Waals surface area (Å²) < 4.78 is 12.3. The molecule has 10 heavy (non-hydrogen) atoms. The summed E-state index contributed by atoms with van der Waals surface area (Å²) in [5, 5.41) is 6.13. The molecule has 1 rings (SSSR count). The number of alkyl halides is 1. The van der Waals surface area contributed by atoms with Crippen molar-refractivity contribution in [2.75, 3.05) is 33.4 Å². The Morgan fingerprint density at radius 3 is 2.60 bits per heavy atom. The monoisotopic (exact) mass is 146 g/mol. The fourth-order valence-corrected chi connectivity index (χ4v) is 1.21. The van der Waals surface area contributed by atoms with Gasteiger partial charge in [0.15, 0.2) is 0 Å². The van der Waals surface area contributed by atoms with Gasteiger partial charge in [0.05, 0.1) is 6.67 Å². The lowest BCUT2D eigenvalue weighted by Gasteiger charge is -2.40. The molecule has 0 saturated carbocycles. The molecule has 0 unspecified atom stereocenters. The molecular formula is C7H15FN2. The topological polar surface area (TPSA) is 24.1 Å². The van der Waals surface area contributed by atoms with E-state index in [1.807, 2.05) is 7.05 Å². The maximum absolute atomic E-state index is 12.3. The van der Waals surface area contributed by atoms with E-state index < -0.39 is 0 Å². The summed E-state index contributed by atoms with van der Waals surface area (Å²) in [5.41, 5.74) is -0.0248. The molecule has 0 aromatic rings. The zero-order chi connectivity index (χ0) is 7.45. The van der Waals surface area contributed by atoms with Gasteiger partial charge in [0, 0.05) is 18.5 Å². The molecular weight excluding hydrogens is 131 g/mol. The van der Waals surface area contributed by atoms with Crippen molar-refractivity contribution in [2.24, 2.45) is 5.41 Å². The Labute approximate surface area is 61.2 Å². The Bertz CT molecular complexity index is 96.3. The third-order valence-corrected chi connectivity index (χ3v) is 2.19. The first-order chi connectivity index (χ1) is 4.83. The van der Waals surface area contributed by atoms with Gasteiger partial charge in [-0.25, -0.2) is 0 Å². The molecule has 1 aliphatic heterocycles. The van der Waals surface area contributed by atoms with Crippen molar-refractivity contribution in [3.8, 4) is 0 Å². The summed E-state index contributed by atoms with van der Waals surface area (Å²) in [4.78, 5) is 0. The van der Waals surface area contributed by atoms with E-state index in [9.17, 15) is 4.39 Å². The van der Waals surface area contributed by atoms with Crippen LogP contribution in [0.4, 0.5) is 4.39 Å². The third kappa shape index (κ3) is 1.47. The van der Waals surface area contributed by atoms with Crippen LogP contribution in [0.2, 0.25) is 0 Å². The normalized spacial score (nSPS) is 22.2. The van der Waals surface area contributed by atoms with E-state index >= 15 is 0 Å². The SMILES string of the molecule is CNCCC1(CF)CNC1. The van der Waals surface area contributed by atoms with Crippen LogP contribution in [0, 0.1) is 5.41 Å². The van der Waals surface area contributed by atoms with Gasteiger partial charge in [-0.3, -0.25) is 4.39 Å². The van der Waals surface area contributed by atoms with Crippen LogP contribution in [-0.4, -0.2) is 33.4 Å². The lowest BCUT2D eigenvalue weighted by atomic mass is 9.80. The molecule has 60 valence electrons. The van der Waals surface area contributed by atoms with Gasteiger partial charge in [-0.1, -0.05) is 0 Å². The predicted molar refractivity (Wildman–Crippen MR) is 39.8 cm³/mol. The van der Waals surface area contributed by atoms with Crippen LogP contribution in [0.3, 0.4) is 0 Å². The summed E-state index contributed by atoms with van der Waals surface area (Å²) in [5.74, 6) is 0. The largest absolute Gasteiger partial charge is 0.320 e. The first-order valence-electron chi connectivity index (χ1n) is 3.74. The smallest absolute Gasteiger partial charge is 0.0975 e. The van der Waals surface area contributed by atoms with Gasteiger partial charge in [-0.05, 0) is 20.0 Å². The van der Waals surface area contributed by atoms with Crippen LogP contribution in [0.25, 0.3) is 0 Å². The molecule has 1 saturated heterocycles. The standard InChI is InChI=1S/C7H15FN2/c1-9-3-2-7(4-8)5-10-6-7/h9-10H,2-6H2,1H3. The Kier molecular flexibility index (Phi) is 2.63. The minimum absolute atomic E-state index is 0.0248. The van der Waals surface area contributed by atoms with Crippen LogP contribution in [0.1, 0.15) is 6.42 Å². The highest BCUT2D eigenvalue weighted by Crippen LogP contribution is 2.26. The highest BCUT2D eigenvalue weighted by molar-refractivity contribution is 4.91. The van der Waals surface area contributed by atoms with Crippen molar-refractivity contribution in [1.82, 2.24) is 10.6 Å². The highest BCUT2D eigenvalue weighted by Gasteiger charge is 2.35. The molecule has 3 heteroatoms. The van der Waals surface area contributed by atoms with Crippen molar-refractivity contribution in [1.29, 1.82) is 0 Å². The minimum atomic E-state index is -0.179. The lowest BCUT2D eigenvalue weighted by Crippen LogP contribution is -2.55. The first-order valence-corrected chi connectivity index (χ1v) is 3.74. The Morgan fingerprint density at radius 2 is 2.30 bits per heavy atom. The molecule has 1 aliphatic rings. The maximum Gasteiger partial charge on any atom is 0.0975 e. The molecule has 0 bridgehead atoms. The van der Waals surface area contributed by atoms with E-state index in [1.54, 1.807) is 0 Å². The van der Waals surface area contributed by atoms with E-state index in [4.69, 9.17) is 0 Å². The molecule has 0 aliphatic carbocycles. The van der Waals surface area contributed by atoms with Crippen LogP contribution < -0.4 is 10.6 Å². The number of rotatable bonds is 4. The van der Waals surface area contributed by atoms with Gasteiger partial charge in [0.2, 0.25) is 0 Å². The lowest BCUT2D eigenvalue weighted by molar-refractivity contribution is 0.109. The zero-order valence-electron chi connectivity index (χ0n) is 6.41. The minimum Gasteiger partial charge on any atom is -0.320 e. The number of hydrogen-bond donors (Lipinski definition) is 2. The van der Waals surface area contributed by atoms with Crippen molar-refractivity contribution < 1.29 is 4.39 Å². The van der Waals surface area contributed by atoms with Crippen LogP contribution in [0.5, 0.6) is 0 Å². The molecule has 0 spiro atoms. The Balaban J connectivity index is 2.20. The summed E-state index contributed by atoms with van der Waals surface area (Å²) >= 11 is 0. The van der Waals surface area contributed by atoms with Crippen molar-refractivity contribution in [3.05, 3.63) is 0 Å². The molecule has 0 radical (unpaired) electrons. The summed E-state index contributed by atoms with van der Waals surface area (Å²) in [6.07, 6.45) is 0.951. The molecule has 0 atom stereocenters. The van der Waals surface area contributed by atoms with E-state index in [-0.39, 0.29) is 12.1 Å². The van der Waals surface area contributed by atoms with Gasteiger partial charge >= 0.3 is 0 Å². The average molecular weight is 146 g/mol. The third-order valence-electron chi connectivity index (χ3n) is 2.19. The molecule has 0 aromatic heterocycles. The Morgan fingerprint density at radius 1 is 1.60 bits per heavy atom. The van der Waals surface area contributed by atoms with Gasteiger partial charge < -0.3 is 10.6 Å². The van der Waals surface area contributed by atoms with Crippen molar-refractivity contribution in [3.63, 3.8) is 0 Å². The van der Waals surface area contributed by atoms with E-state index in [0.29, 0.717) is 0 Å². The number of hydrogen-bond acceptors (Lipinski definition) is 2. The second-order valence-corrected chi connectivity index (χ2v) is 3.09. The quantitative estimate of drug-likeness (QED) is 0.590. The van der Waals surface area contributed by atoms with E-state index in [0.717, 1.165) is 26.1 Å². The summed E-state index contributed by atoms with van der Waals surface area (Å²) in [6, 6.07) is 0. The first kappa shape index (κ1) is 7.95. The maximum atomic E-state index is 12.3. The van der Waals surface area contributed by atoms with Crippen molar-refractivity contribution in [2.45, 2.75) is 6.42 Å². The Hall–Kier alpha value is -0.150. The zero-order valence-corrected chi connectivity index (χ0v) is 6.41. The van der Waals surface area contributed by atoms with Crippen molar-refractivity contribution >= 4 is 0 Å². The molecule has 0 aromatic carbocycles. The highest BCUT2D eigenvalue weighted by atomic mass is 19.1. The van der Waals surface area contributed by atoms with Crippen LogP contribution in [-0.2, 0) is 0 Å². The predicted octanol–water partition coefficient (Wildman–Crippen LogP) is 0.155. The molecule has 2 nitrogen and oxygen atoms in total. The summed E-state index contributed by atoms with van der Waals surface area (Å²) in [6.45, 7) is 2.45. The summed E-state index contributed by atoms with van der Waals surface area (Å²) in [7, 11) is 1.90. The van der Waals surface area contributed by atoms with Gasteiger partial charge in [0.1, 0.15) is 0 Å². The van der Waals surface area contributed by atoms with Gasteiger partial charge in [0.25, 0.3) is 0 Å². The van der Waals surface area contributed by atoms with Crippen LogP contribution in [0.15, 0.2) is 0 Å². The van der Waals surface area contributed by atoms with Crippen LogP contribution >= 0.6 is 0 Å². The average Bonchev–Trinajstić information content (AvgIpc) is 1.87. The second kappa shape index (κ2) is 3.30. The number of nitrogens with one attached hydrogen (secondary N) is 2. The number of halogens is 1.